The molecular formula is C9H16S. The molecule has 1 aliphatic rings. The molecule has 0 aromatic heterocycles. The van der Waals surface area contributed by atoms with Gasteiger partial charge in [0.1, 0.15) is 0 Å². The minimum atomic E-state index is 0.845. The Labute approximate surface area is 69.1 Å². The molecule has 0 heterocycles. The van der Waals surface area contributed by atoms with Gasteiger partial charge in [0.05, 0.1) is 0 Å². The van der Waals surface area contributed by atoms with Crippen LogP contribution in [0.25, 0.3) is 0 Å². The molecule has 0 N–H and O–H groups in total. The van der Waals surface area contributed by atoms with Crippen molar-refractivity contribution < 1.29 is 0 Å². The lowest BCUT2D eigenvalue weighted by Gasteiger charge is -2.23. The maximum atomic E-state index is 4.33. The van der Waals surface area contributed by atoms with E-state index in [1.807, 2.05) is 0 Å². The Kier molecular flexibility index (Phi) is 2.84. The van der Waals surface area contributed by atoms with E-state index in [0.29, 0.717) is 0 Å². The predicted octanol–water partition coefficient (Wildman–Crippen LogP) is 3.26. The molecule has 0 radical (unpaired) electrons. The van der Waals surface area contributed by atoms with Crippen LogP contribution in [-0.4, -0.2) is 0 Å². The highest BCUT2D eigenvalue weighted by molar-refractivity contribution is 7.84. The highest BCUT2D eigenvalue weighted by Crippen LogP contribution is 2.29. The smallest absolute Gasteiger partial charge is 0.0221 e. The van der Waals surface area contributed by atoms with E-state index in [4.69, 9.17) is 0 Å². The van der Waals surface area contributed by atoms with Crippen molar-refractivity contribution >= 4 is 12.6 Å². The highest BCUT2D eigenvalue weighted by Gasteiger charge is 2.15. The molecule has 1 aliphatic carbocycles. The Morgan fingerprint density at radius 1 is 1.60 bits per heavy atom. The molecule has 0 bridgehead atoms. The second kappa shape index (κ2) is 3.47. The summed E-state index contributed by atoms with van der Waals surface area (Å²) in [5.74, 6) is 1.76. The Bertz CT molecular complexity index is 136. The first-order valence-corrected chi connectivity index (χ1v) is 4.53. The maximum Gasteiger partial charge on any atom is -0.0221 e. The van der Waals surface area contributed by atoms with Crippen molar-refractivity contribution in [1.29, 1.82) is 0 Å². The quantitative estimate of drug-likeness (QED) is 0.553. The fraction of sp³-hybridized carbons (Fsp3) is 0.778. The lowest BCUT2D eigenvalue weighted by molar-refractivity contribution is 0.354. The monoisotopic (exact) mass is 156 g/mol. The predicted molar refractivity (Wildman–Crippen MR) is 49.2 cm³/mol. The van der Waals surface area contributed by atoms with Gasteiger partial charge in [-0.3, -0.25) is 0 Å². The van der Waals surface area contributed by atoms with Gasteiger partial charge < -0.3 is 0 Å². The van der Waals surface area contributed by atoms with E-state index in [2.05, 4.69) is 32.6 Å². The molecule has 0 unspecified atom stereocenters. The Morgan fingerprint density at radius 3 is 2.70 bits per heavy atom. The van der Waals surface area contributed by atoms with Gasteiger partial charge >= 0.3 is 0 Å². The lowest BCUT2D eigenvalue weighted by atomic mass is 9.85. The van der Waals surface area contributed by atoms with Gasteiger partial charge in [0.15, 0.2) is 0 Å². The van der Waals surface area contributed by atoms with Crippen LogP contribution in [0.3, 0.4) is 0 Å². The summed E-state index contributed by atoms with van der Waals surface area (Å²) in [6, 6.07) is 0. The van der Waals surface area contributed by atoms with Gasteiger partial charge in [-0.25, -0.2) is 0 Å². The van der Waals surface area contributed by atoms with Crippen LogP contribution in [0.1, 0.15) is 33.1 Å². The van der Waals surface area contributed by atoms with E-state index in [1.54, 1.807) is 0 Å². The zero-order chi connectivity index (χ0) is 7.56. The third kappa shape index (κ3) is 2.05. The first kappa shape index (κ1) is 8.19. The van der Waals surface area contributed by atoms with Gasteiger partial charge in [0.2, 0.25) is 0 Å². The average molecular weight is 156 g/mol. The molecule has 1 atom stereocenters. The third-order valence-electron chi connectivity index (χ3n) is 2.37. The van der Waals surface area contributed by atoms with Crippen molar-refractivity contribution in [3.63, 3.8) is 0 Å². The summed E-state index contributed by atoms with van der Waals surface area (Å²) < 4.78 is 0. The maximum absolute atomic E-state index is 4.33. The van der Waals surface area contributed by atoms with Crippen molar-refractivity contribution in [1.82, 2.24) is 0 Å². The Hall–Kier alpha value is 0.0900. The molecule has 0 fully saturated rings. The number of allylic oxidation sites excluding steroid dienone is 2. The van der Waals surface area contributed by atoms with E-state index in [0.717, 1.165) is 11.8 Å². The summed E-state index contributed by atoms with van der Waals surface area (Å²) in [6.45, 7) is 4.62. The summed E-state index contributed by atoms with van der Waals surface area (Å²) in [4.78, 5) is 1.29. The van der Waals surface area contributed by atoms with E-state index in [-0.39, 0.29) is 0 Å². The minimum absolute atomic E-state index is 0.845. The molecule has 1 rings (SSSR count). The molecule has 0 amide bonds. The number of hydrogen-bond donors (Lipinski definition) is 1. The van der Waals surface area contributed by atoms with Crippen LogP contribution in [0.2, 0.25) is 0 Å². The molecular weight excluding hydrogens is 140 g/mol. The second-order valence-electron chi connectivity index (χ2n) is 3.47. The largest absolute Gasteiger partial charge is 0.148 e. The summed E-state index contributed by atoms with van der Waals surface area (Å²) in [6.07, 6.45) is 6.06. The molecule has 10 heavy (non-hydrogen) atoms. The summed E-state index contributed by atoms with van der Waals surface area (Å²) >= 11 is 4.33. The molecule has 0 saturated heterocycles. The fourth-order valence-electron chi connectivity index (χ4n) is 1.45. The van der Waals surface area contributed by atoms with Gasteiger partial charge in [0.25, 0.3) is 0 Å². The van der Waals surface area contributed by atoms with Crippen molar-refractivity contribution in [3.05, 3.63) is 11.0 Å². The standard InChI is InChI=1S/C9H16S/c1-7(2)8-3-5-9(10)6-4-8/h5,7-8,10H,3-4,6H2,1-2H3/t8-/m0/s1. The van der Waals surface area contributed by atoms with Crippen LogP contribution in [0.4, 0.5) is 0 Å². The van der Waals surface area contributed by atoms with Gasteiger partial charge in [0, 0.05) is 0 Å². The summed E-state index contributed by atoms with van der Waals surface area (Å²) in [7, 11) is 0. The molecule has 1 heteroatoms. The van der Waals surface area contributed by atoms with Gasteiger partial charge in [-0.15, -0.1) is 12.6 Å². The van der Waals surface area contributed by atoms with Gasteiger partial charge in [-0.05, 0) is 36.0 Å². The zero-order valence-corrected chi connectivity index (χ0v) is 7.70. The van der Waals surface area contributed by atoms with Gasteiger partial charge in [-0.2, -0.15) is 0 Å². The van der Waals surface area contributed by atoms with Crippen molar-refractivity contribution in [2.24, 2.45) is 11.8 Å². The number of hydrogen-bond acceptors (Lipinski definition) is 1. The summed E-state index contributed by atoms with van der Waals surface area (Å²) in [5.41, 5.74) is 0. The summed E-state index contributed by atoms with van der Waals surface area (Å²) in [5, 5.41) is 0. The Balaban J connectivity index is 2.42. The van der Waals surface area contributed by atoms with Crippen LogP contribution in [-0.2, 0) is 0 Å². The topological polar surface area (TPSA) is 0 Å². The fourth-order valence-corrected chi connectivity index (χ4v) is 1.68. The van der Waals surface area contributed by atoms with Crippen molar-refractivity contribution in [3.8, 4) is 0 Å². The number of rotatable bonds is 1. The normalized spacial score (nSPS) is 26.8. The molecule has 0 nitrogen and oxygen atoms in total. The number of thiol groups is 1. The van der Waals surface area contributed by atoms with Crippen molar-refractivity contribution in [2.45, 2.75) is 33.1 Å². The van der Waals surface area contributed by atoms with Crippen LogP contribution >= 0.6 is 12.6 Å². The molecule has 0 aromatic rings. The average Bonchev–Trinajstić information content (AvgIpc) is 1.88. The van der Waals surface area contributed by atoms with Gasteiger partial charge in [-0.1, -0.05) is 19.9 Å². The molecule has 0 aliphatic heterocycles. The van der Waals surface area contributed by atoms with E-state index < -0.39 is 0 Å². The lowest BCUT2D eigenvalue weighted by Crippen LogP contribution is -2.10. The van der Waals surface area contributed by atoms with Crippen molar-refractivity contribution in [2.75, 3.05) is 0 Å². The SMILES string of the molecule is CC(C)[C@H]1CC=C(S)CC1. The van der Waals surface area contributed by atoms with E-state index in [9.17, 15) is 0 Å². The molecule has 58 valence electrons. The van der Waals surface area contributed by atoms with Crippen LogP contribution in [0.5, 0.6) is 0 Å². The first-order chi connectivity index (χ1) is 4.70. The van der Waals surface area contributed by atoms with E-state index in [1.165, 1.54) is 24.2 Å². The Morgan fingerprint density at radius 2 is 2.30 bits per heavy atom. The third-order valence-corrected chi connectivity index (χ3v) is 2.78. The molecule has 0 aromatic carbocycles. The second-order valence-corrected chi connectivity index (χ2v) is 4.05. The first-order valence-electron chi connectivity index (χ1n) is 4.08. The molecule has 0 spiro atoms. The van der Waals surface area contributed by atoms with Crippen LogP contribution in [0, 0.1) is 11.8 Å². The molecule has 0 saturated carbocycles. The zero-order valence-electron chi connectivity index (χ0n) is 6.80. The van der Waals surface area contributed by atoms with Crippen LogP contribution in [0.15, 0.2) is 11.0 Å². The van der Waals surface area contributed by atoms with E-state index >= 15 is 0 Å². The van der Waals surface area contributed by atoms with Crippen LogP contribution < -0.4 is 0 Å². The highest BCUT2D eigenvalue weighted by atomic mass is 32.1. The minimum Gasteiger partial charge on any atom is -0.148 e.